The quantitative estimate of drug-likeness (QED) is 0.534. The third kappa shape index (κ3) is 4.31. The molecule has 0 aromatic heterocycles. The van der Waals surface area contributed by atoms with Crippen LogP contribution in [0, 0.1) is 0 Å². The summed E-state index contributed by atoms with van der Waals surface area (Å²) >= 11 is 0. The number of anilines is 1. The molecule has 168 valence electrons. The normalized spacial score (nSPS) is 13.3. The van der Waals surface area contributed by atoms with Crippen LogP contribution in [0.15, 0.2) is 77.8 Å². The zero-order valence-electron chi connectivity index (χ0n) is 17.8. The molecule has 0 saturated heterocycles. The number of hydrogen-bond donors (Lipinski definition) is 1. The first-order chi connectivity index (χ1) is 15.8. The van der Waals surface area contributed by atoms with Gasteiger partial charge in [0.2, 0.25) is 0 Å². The van der Waals surface area contributed by atoms with E-state index in [-0.39, 0.29) is 4.90 Å². The van der Waals surface area contributed by atoms with E-state index in [1.807, 2.05) is 0 Å². The summed E-state index contributed by atoms with van der Waals surface area (Å²) in [6.07, 6.45) is 2.95. The average molecular weight is 464 g/mol. The maximum atomic E-state index is 12.7. The summed E-state index contributed by atoms with van der Waals surface area (Å²) in [5.41, 5.74) is 1.66. The Morgan fingerprint density at radius 2 is 1.42 bits per heavy atom. The van der Waals surface area contributed by atoms with Crippen molar-refractivity contribution >= 4 is 33.6 Å². The molecule has 0 unspecified atom stereocenters. The van der Waals surface area contributed by atoms with Crippen LogP contribution >= 0.6 is 0 Å². The van der Waals surface area contributed by atoms with Crippen LogP contribution in [0.1, 0.15) is 26.3 Å². The summed E-state index contributed by atoms with van der Waals surface area (Å²) in [5, 5.41) is 0. The highest BCUT2D eigenvalue weighted by Crippen LogP contribution is 2.31. The van der Waals surface area contributed by atoms with Crippen molar-refractivity contribution in [3.8, 4) is 11.5 Å². The van der Waals surface area contributed by atoms with E-state index in [2.05, 4.69) is 4.72 Å². The smallest absolute Gasteiger partial charge is 0.265 e. The van der Waals surface area contributed by atoms with Crippen molar-refractivity contribution in [2.45, 2.75) is 4.90 Å². The number of ether oxygens (including phenoxy) is 2. The summed E-state index contributed by atoms with van der Waals surface area (Å²) in [7, 11) is -0.893. The van der Waals surface area contributed by atoms with Crippen LogP contribution in [0.5, 0.6) is 11.5 Å². The van der Waals surface area contributed by atoms with Gasteiger partial charge in [0.25, 0.3) is 21.8 Å². The van der Waals surface area contributed by atoms with Crippen LogP contribution in [0.4, 0.5) is 5.69 Å². The van der Waals surface area contributed by atoms with Crippen LogP contribution in [0.25, 0.3) is 6.08 Å². The molecule has 3 aromatic rings. The number of imide groups is 1. The van der Waals surface area contributed by atoms with E-state index in [1.165, 1.54) is 38.6 Å². The van der Waals surface area contributed by atoms with Crippen molar-refractivity contribution in [1.29, 1.82) is 0 Å². The lowest BCUT2D eigenvalue weighted by Gasteiger charge is -2.12. The second kappa shape index (κ2) is 8.79. The second-order valence-electron chi connectivity index (χ2n) is 7.09. The molecule has 9 heteroatoms. The van der Waals surface area contributed by atoms with Gasteiger partial charge in [-0.15, -0.1) is 0 Å². The maximum absolute atomic E-state index is 12.7. The molecule has 2 amide bonds. The van der Waals surface area contributed by atoms with Gasteiger partial charge in [-0.3, -0.25) is 14.3 Å². The number of methoxy groups -OCH3 is 2. The average Bonchev–Trinajstić information content (AvgIpc) is 3.07. The SMILES string of the molecule is COc1ccc(NS(=O)(=O)c2ccc(/C=C/N3C(=O)c4ccccc4C3=O)cc2)cc1OC. The first-order valence-electron chi connectivity index (χ1n) is 9.84. The molecule has 0 radical (unpaired) electrons. The summed E-state index contributed by atoms with van der Waals surface area (Å²) in [5.74, 6) is 0.0799. The molecule has 0 fully saturated rings. The number of carbonyl (C=O) groups excluding carboxylic acids is 2. The molecule has 0 atom stereocenters. The summed E-state index contributed by atoms with van der Waals surface area (Å²) in [6, 6.07) is 17.3. The van der Waals surface area contributed by atoms with E-state index in [4.69, 9.17) is 9.47 Å². The minimum atomic E-state index is -3.85. The minimum absolute atomic E-state index is 0.0511. The van der Waals surface area contributed by atoms with Crippen LogP contribution < -0.4 is 14.2 Å². The minimum Gasteiger partial charge on any atom is -0.493 e. The monoisotopic (exact) mass is 464 g/mol. The largest absolute Gasteiger partial charge is 0.493 e. The molecule has 8 nitrogen and oxygen atoms in total. The number of sulfonamides is 1. The first-order valence-corrected chi connectivity index (χ1v) is 11.3. The molecule has 1 aliphatic heterocycles. The molecule has 33 heavy (non-hydrogen) atoms. The fourth-order valence-electron chi connectivity index (χ4n) is 3.38. The molecule has 1 N–H and O–H groups in total. The standard InChI is InChI=1S/C24H20N2O6S/c1-31-21-12-9-17(15-22(21)32-2)25-33(29,30)18-10-7-16(8-11-18)13-14-26-23(27)19-5-3-4-6-20(19)24(26)28/h3-15,25H,1-2H3/b14-13+. The van der Waals surface area contributed by atoms with E-state index in [1.54, 1.807) is 54.6 Å². The van der Waals surface area contributed by atoms with Gasteiger partial charge in [0, 0.05) is 12.3 Å². The third-order valence-corrected chi connectivity index (χ3v) is 6.46. The lowest BCUT2D eigenvalue weighted by molar-refractivity contribution is 0.0722. The highest BCUT2D eigenvalue weighted by Gasteiger charge is 2.33. The van der Waals surface area contributed by atoms with Crippen molar-refractivity contribution < 1.29 is 27.5 Å². The van der Waals surface area contributed by atoms with Gasteiger partial charge in [0.05, 0.1) is 35.9 Å². The lowest BCUT2D eigenvalue weighted by Crippen LogP contribution is -2.23. The van der Waals surface area contributed by atoms with Crippen LogP contribution in [0.2, 0.25) is 0 Å². The molecule has 1 aliphatic rings. The number of carbonyl (C=O) groups is 2. The number of benzene rings is 3. The highest BCUT2D eigenvalue weighted by molar-refractivity contribution is 7.92. The van der Waals surface area contributed by atoms with E-state index in [0.717, 1.165) is 4.90 Å². The van der Waals surface area contributed by atoms with Gasteiger partial charge in [0.15, 0.2) is 11.5 Å². The third-order valence-electron chi connectivity index (χ3n) is 5.07. The first kappa shape index (κ1) is 22.1. The fourth-order valence-corrected chi connectivity index (χ4v) is 4.43. The Balaban J connectivity index is 1.49. The van der Waals surface area contributed by atoms with Crippen molar-refractivity contribution in [3.63, 3.8) is 0 Å². The fraction of sp³-hybridized carbons (Fsp3) is 0.0833. The molecule has 0 saturated carbocycles. The molecule has 0 bridgehead atoms. The summed E-state index contributed by atoms with van der Waals surface area (Å²) in [6.45, 7) is 0. The Morgan fingerprint density at radius 3 is 2.00 bits per heavy atom. The van der Waals surface area contributed by atoms with Crippen LogP contribution in [-0.4, -0.2) is 39.4 Å². The van der Waals surface area contributed by atoms with Crippen molar-refractivity contribution in [1.82, 2.24) is 4.90 Å². The van der Waals surface area contributed by atoms with Crippen LogP contribution in [-0.2, 0) is 10.0 Å². The number of nitrogens with one attached hydrogen (secondary N) is 1. The van der Waals surface area contributed by atoms with E-state index >= 15 is 0 Å². The highest BCUT2D eigenvalue weighted by atomic mass is 32.2. The lowest BCUT2D eigenvalue weighted by atomic mass is 10.1. The van der Waals surface area contributed by atoms with Gasteiger partial charge >= 0.3 is 0 Å². The topological polar surface area (TPSA) is 102 Å². The molecular formula is C24H20N2O6S. The number of amides is 2. The Bertz CT molecular complexity index is 1330. The molecule has 4 rings (SSSR count). The Morgan fingerprint density at radius 1 is 0.818 bits per heavy atom. The Hall–Kier alpha value is -4.11. The van der Waals surface area contributed by atoms with Crippen LogP contribution in [0.3, 0.4) is 0 Å². The predicted octanol–water partition coefficient (Wildman–Crippen LogP) is 3.77. The number of rotatable bonds is 7. The Kier molecular flexibility index (Phi) is 5.89. The molecular weight excluding hydrogens is 444 g/mol. The van der Waals surface area contributed by atoms with E-state index < -0.39 is 21.8 Å². The van der Waals surface area contributed by atoms with Gasteiger partial charge in [-0.05, 0) is 48.0 Å². The zero-order chi connectivity index (χ0) is 23.6. The van der Waals surface area contributed by atoms with Crippen molar-refractivity contribution in [2.75, 3.05) is 18.9 Å². The van der Waals surface area contributed by atoms with Crippen molar-refractivity contribution in [3.05, 3.63) is 89.6 Å². The van der Waals surface area contributed by atoms with Gasteiger partial charge in [0.1, 0.15) is 0 Å². The van der Waals surface area contributed by atoms with Gasteiger partial charge in [-0.2, -0.15) is 0 Å². The molecule has 3 aromatic carbocycles. The van der Waals surface area contributed by atoms with Crippen molar-refractivity contribution in [2.24, 2.45) is 0 Å². The van der Waals surface area contributed by atoms with E-state index in [0.29, 0.717) is 33.9 Å². The number of hydrogen-bond acceptors (Lipinski definition) is 6. The molecule has 0 aliphatic carbocycles. The van der Waals surface area contributed by atoms with Gasteiger partial charge < -0.3 is 9.47 Å². The maximum Gasteiger partial charge on any atom is 0.265 e. The number of fused-ring (bicyclic) bond motifs is 1. The predicted molar refractivity (Wildman–Crippen MR) is 123 cm³/mol. The summed E-state index contributed by atoms with van der Waals surface area (Å²) in [4.78, 5) is 25.9. The van der Waals surface area contributed by atoms with Gasteiger partial charge in [-0.1, -0.05) is 24.3 Å². The second-order valence-corrected chi connectivity index (χ2v) is 8.77. The van der Waals surface area contributed by atoms with Gasteiger partial charge in [-0.25, -0.2) is 13.3 Å². The van der Waals surface area contributed by atoms with E-state index in [9.17, 15) is 18.0 Å². The summed E-state index contributed by atoms with van der Waals surface area (Å²) < 4.78 is 38.3. The zero-order valence-corrected chi connectivity index (χ0v) is 18.6. The molecule has 0 spiro atoms. The number of nitrogens with zero attached hydrogens (tertiary/aromatic N) is 1. The Labute approximate surface area is 191 Å². The molecule has 1 heterocycles.